The topological polar surface area (TPSA) is 77.3 Å². The zero-order valence-electron chi connectivity index (χ0n) is 38.5. The molecule has 0 amide bonds. The van der Waals surface area contributed by atoms with Crippen molar-refractivity contribution in [2.45, 2.75) is 41.5 Å². The Morgan fingerprint density at radius 1 is 0.258 bits per heavy atom. The predicted octanol–water partition coefficient (Wildman–Crippen LogP) is 15.3. The van der Waals surface area contributed by atoms with Crippen molar-refractivity contribution in [2.24, 2.45) is 0 Å². The first kappa shape index (κ1) is 45.8. The van der Waals surface area contributed by atoms with Crippen molar-refractivity contribution in [3.63, 3.8) is 0 Å². The summed E-state index contributed by atoms with van der Waals surface area (Å²) in [5.74, 6) is 0. The molecule has 0 unspecified atom stereocenters. The Kier molecular flexibility index (Phi) is 15.9. The number of nitrogens with zero attached hydrogens (tertiary/aromatic N) is 6. The van der Waals surface area contributed by atoms with E-state index in [1.165, 1.54) is 65.5 Å². The second-order valence-corrected chi connectivity index (χ2v) is 16.1. The molecular weight excluding hydrogens is 805 g/mol. The molecule has 0 spiro atoms. The quantitative estimate of drug-likeness (QED) is 0.151. The van der Waals surface area contributed by atoms with E-state index in [2.05, 4.69) is 186 Å². The summed E-state index contributed by atoms with van der Waals surface area (Å²) in [6.07, 6.45) is 11.0. The first-order valence-electron chi connectivity index (χ1n) is 22.1. The third kappa shape index (κ3) is 12.9. The Labute approximate surface area is 387 Å². The minimum atomic E-state index is 1.07. The van der Waals surface area contributed by atoms with Gasteiger partial charge in [0.2, 0.25) is 0 Å². The van der Waals surface area contributed by atoms with Crippen molar-refractivity contribution in [3.05, 3.63) is 253 Å². The molecule has 6 heterocycles. The molecule has 0 fully saturated rings. The van der Waals surface area contributed by atoms with Crippen molar-refractivity contribution >= 4 is 65.3 Å². The molecule has 66 heavy (non-hydrogen) atoms. The highest BCUT2D eigenvalue weighted by atomic mass is 14.7. The average Bonchev–Trinajstić information content (AvgIpc) is 3.35. The second kappa shape index (κ2) is 22.9. The summed E-state index contributed by atoms with van der Waals surface area (Å²) in [7, 11) is 0. The summed E-state index contributed by atoms with van der Waals surface area (Å²) < 4.78 is 0. The van der Waals surface area contributed by atoms with Gasteiger partial charge in [-0.25, -0.2) is 0 Å². The smallest absolute Gasteiger partial charge is 0.0731 e. The Hall–Kier alpha value is -8.22. The second-order valence-electron chi connectivity index (χ2n) is 16.1. The van der Waals surface area contributed by atoms with Gasteiger partial charge >= 0.3 is 0 Å². The largest absolute Gasteiger partial charge is 0.261 e. The lowest BCUT2D eigenvalue weighted by Crippen LogP contribution is -1.80. The molecule has 0 radical (unpaired) electrons. The van der Waals surface area contributed by atoms with Crippen LogP contribution in [0.4, 0.5) is 0 Å². The van der Waals surface area contributed by atoms with Crippen LogP contribution in [0, 0.1) is 41.5 Å². The van der Waals surface area contributed by atoms with Gasteiger partial charge in [0.15, 0.2) is 0 Å². The molecule has 0 saturated heterocycles. The van der Waals surface area contributed by atoms with Crippen LogP contribution in [-0.4, -0.2) is 29.9 Å². The maximum Gasteiger partial charge on any atom is 0.0731 e. The number of benzene rings is 6. The lowest BCUT2D eigenvalue weighted by molar-refractivity contribution is 1.24. The third-order valence-corrected chi connectivity index (χ3v) is 10.7. The monoisotopic (exact) mass is 858 g/mol. The van der Waals surface area contributed by atoms with E-state index in [-0.39, 0.29) is 0 Å². The van der Waals surface area contributed by atoms with E-state index < -0.39 is 0 Å². The van der Waals surface area contributed by atoms with Gasteiger partial charge < -0.3 is 0 Å². The number of fused-ring (bicyclic) bond motifs is 6. The summed E-state index contributed by atoms with van der Waals surface area (Å²) in [5, 5.41) is 8.57. The molecule has 0 aliphatic rings. The van der Waals surface area contributed by atoms with Crippen LogP contribution >= 0.6 is 0 Å². The predicted molar refractivity (Wildman–Crippen MR) is 279 cm³/mol. The van der Waals surface area contributed by atoms with Crippen LogP contribution in [0.1, 0.15) is 33.5 Å². The number of para-hydroxylation sites is 1. The van der Waals surface area contributed by atoms with E-state index in [4.69, 9.17) is 0 Å². The van der Waals surface area contributed by atoms with Crippen molar-refractivity contribution in [3.8, 4) is 0 Å². The normalized spacial score (nSPS) is 10.3. The van der Waals surface area contributed by atoms with Crippen LogP contribution in [0.25, 0.3) is 65.3 Å². The van der Waals surface area contributed by atoms with Crippen LogP contribution in [0.3, 0.4) is 0 Å². The molecule has 12 aromatic rings. The molecule has 6 aromatic heterocycles. The highest BCUT2D eigenvalue weighted by molar-refractivity contribution is 5.84. The van der Waals surface area contributed by atoms with Gasteiger partial charge in [0, 0.05) is 75.2 Å². The molecule has 0 aliphatic heterocycles. The molecule has 6 heteroatoms. The summed E-state index contributed by atoms with van der Waals surface area (Å²) in [6, 6.07) is 61.8. The zero-order valence-corrected chi connectivity index (χ0v) is 38.5. The first-order chi connectivity index (χ1) is 32.2. The molecule has 6 nitrogen and oxygen atoms in total. The Morgan fingerprint density at radius 3 is 1.21 bits per heavy atom. The van der Waals surface area contributed by atoms with E-state index in [0.717, 1.165) is 33.3 Å². The van der Waals surface area contributed by atoms with E-state index in [9.17, 15) is 0 Å². The van der Waals surface area contributed by atoms with Crippen molar-refractivity contribution < 1.29 is 0 Å². The van der Waals surface area contributed by atoms with Crippen LogP contribution in [0.2, 0.25) is 0 Å². The number of aryl methyl sites for hydroxylation is 6. The zero-order chi connectivity index (χ0) is 46.1. The van der Waals surface area contributed by atoms with Crippen LogP contribution in [0.15, 0.2) is 219 Å². The molecule has 6 aromatic carbocycles. The standard InChI is InChI=1S/6C10H9N/c1-8-4-2-5-9-6-3-7-11-10(8)9;2*1-8-4-5-10-9(7-8)3-2-6-11-10;2*1-8-4-5-9-3-2-6-11-10(9)7-8;1-8-10-5-3-2-4-9(10)6-7-11-8/h6*2-7H,1H3. The SMILES string of the molecule is Cc1ccc2cccnc2c1.Cc1ccc2cccnc2c1.Cc1ccc2ncccc2c1.Cc1ccc2ncccc2c1.Cc1cccc2cccnc12.Cc1nccc2ccccc12. The van der Waals surface area contributed by atoms with Crippen molar-refractivity contribution in [1.29, 1.82) is 0 Å². The lowest BCUT2D eigenvalue weighted by Gasteiger charge is -1.97. The maximum atomic E-state index is 4.28. The van der Waals surface area contributed by atoms with Gasteiger partial charge in [-0.2, -0.15) is 0 Å². The molecule has 0 bridgehead atoms. The number of pyridine rings is 6. The molecule has 12 rings (SSSR count). The summed E-state index contributed by atoms with van der Waals surface area (Å²) in [6.45, 7) is 12.4. The fraction of sp³-hybridized carbons (Fsp3) is 0.100. The van der Waals surface area contributed by atoms with Gasteiger partial charge in [-0.1, -0.05) is 120 Å². The number of aromatic nitrogens is 6. The van der Waals surface area contributed by atoms with Gasteiger partial charge in [0.1, 0.15) is 0 Å². The summed E-state index contributed by atoms with van der Waals surface area (Å²) in [5.41, 5.74) is 12.8. The van der Waals surface area contributed by atoms with Crippen LogP contribution in [-0.2, 0) is 0 Å². The molecule has 324 valence electrons. The highest BCUT2D eigenvalue weighted by Crippen LogP contribution is 2.17. The first-order valence-corrected chi connectivity index (χ1v) is 22.1. The Morgan fingerprint density at radius 2 is 0.682 bits per heavy atom. The van der Waals surface area contributed by atoms with Gasteiger partial charge in [-0.15, -0.1) is 0 Å². The molecule has 0 aliphatic carbocycles. The van der Waals surface area contributed by atoms with Gasteiger partial charge in [-0.3, -0.25) is 29.9 Å². The third-order valence-electron chi connectivity index (χ3n) is 10.7. The van der Waals surface area contributed by atoms with E-state index in [0.29, 0.717) is 0 Å². The van der Waals surface area contributed by atoms with Gasteiger partial charge in [-0.05, 0) is 136 Å². The Balaban J connectivity index is 0.000000118. The number of hydrogen-bond donors (Lipinski definition) is 0. The van der Waals surface area contributed by atoms with Gasteiger partial charge in [0.25, 0.3) is 0 Å². The van der Waals surface area contributed by atoms with Crippen molar-refractivity contribution in [1.82, 2.24) is 29.9 Å². The Bertz CT molecular complexity index is 3060. The number of rotatable bonds is 0. The fourth-order valence-corrected chi connectivity index (χ4v) is 7.27. The van der Waals surface area contributed by atoms with Crippen LogP contribution < -0.4 is 0 Å². The average molecular weight is 859 g/mol. The highest BCUT2D eigenvalue weighted by Gasteiger charge is 1.97. The number of hydrogen-bond acceptors (Lipinski definition) is 6. The maximum absolute atomic E-state index is 4.28. The summed E-state index contributed by atoms with van der Waals surface area (Å²) >= 11 is 0. The summed E-state index contributed by atoms with van der Waals surface area (Å²) in [4.78, 5) is 25.4. The van der Waals surface area contributed by atoms with E-state index in [1.54, 1.807) is 0 Å². The van der Waals surface area contributed by atoms with Crippen molar-refractivity contribution in [2.75, 3.05) is 0 Å². The lowest BCUT2D eigenvalue weighted by atomic mass is 10.1. The fourth-order valence-electron chi connectivity index (χ4n) is 7.27. The van der Waals surface area contributed by atoms with Crippen LogP contribution in [0.5, 0.6) is 0 Å². The molecule has 0 saturated carbocycles. The minimum absolute atomic E-state index is 1.07. The molecular formula is C60H54N6. The van der Waals surface area contributed by atoms with Gasteiger partial charge in [0.05, 0.1) is 27.6 Å². The minimum Gasteiger partial charge on any atom is -0.261 e. The van der Waals surface area contributed by atoms with E-state index >= 15 is 0 Å². The van der Waals surface area contributed by atoms with E-state index in [1.807, 2.05) is 105 Å². The molecule has 0 atom stereocenters. The molecule has 0 N–H and O–H groups in total.